The zero-order valence-corrected chi connectivity index (χ0v) is 14.7. The number of nitrogens with zero attached hydrogens (tertiary/aromatic N) is 2. The summed E-state index contributed by atoms with van der Waals surface area (Å²) in [5.74, 6) is -0.525. The molecule has 128 valence electrons. The van der Waals surface area contributed by atoms with Crippen LogP contribution in [0, 0.1) is 19.7 Å². The van der Waals surface area contributed by atoms with E-state index < -0.39 is 0 Å². The van der Waals surface area contributed by atoms with Crippen molar-refractivity contribution in [1.82, 2.24) is 15.4 Å². The quantitative estimate of drug-likeness (QED) is 0.542. The van der Waals surface area contributed by atoms with E-state index >= 15 is 0 Å². The van der Waals surface area contributed by atoms with Gasteiger partial charge in [-0.05, 0) is 44.2 Å². The predicted molar refractivity (Wildman–Crippen MR) is 97.2 cm³/mol. The van der Waals surface area contributed by atoms with Crippen LogP contribution in [0.1, 0.15) is 22.6 Å². The molecule has 3 aromatic rings. The van der Waals surface area contributed by atoms with E-state index in [1.54, 1.807) is 18.3 Å². The number of aromatic nitrogens is 2. The molecule has 0 fully saturated rings. The summed E-state index contributed by atoms with van der Waals surface area (Å²) in [6, 6.07) is 8.08. The maximum absolute atomic E-state index is 13.0. The van der Waals surface area contributed by atoms with Crippen molar-refractivity contribution >= 4 is 23.5 Å². The van der Waals surface area contributed by atoms with E-state index in [1.807, 2.05) is 25.3 Å². The number of thiazole rings is 1. The Morgan fingerprint density at radius 2 is 2.12 bits per heavy atom. The summed E-state index contributed by atoms with van der Waals surface area (Å²) in [5.41, 5.74) is 6.97. The molecule has 2 aromatic heterocycles. The molecule has 7 heteroatoms. The van der Waals surface area contributed by atoms with Gasteiger partial charge in [0.25, 0.3) is 0 Å². The van der Waals surface area contributed by atoms with Crippen LogP contribution >= 0.6 is 11.3 Å². The Kier molecular flexibility index (Phi) is 5.04. The summed E-state index contributed by atoms with van der Waals surface area (Å²) in [5, 5.41) is 6.55. The number of carbonyl (C=O) groups excluding carboxylic acids is 1. The molecule has 0 atom stereocenters. The predicted octanol–water partition coefficient (Wildman–Crippen LogP) is 3.59. The molecule has 0 radical (unpaired) electrons. The summed E-state index contributed by atoms with van der Waals surface area (Å²) in [6.45, 7) is 3.91. The number of hydrogen-bond donors (Lipinski definition) is 2. The van der Waals surface area contributed by atoms with Gasteiger partial charge in [-0.1, -0.05) is 0 Å². The number of amides is 1. The molecular formula is C18H17FN4OS. The minimum atomic E-state index is -0.286. The molecule has 0 saturated heterocycles. The van der Waals surface area contributed by atoms with E-state index in [1.165, 1.54) is 23.5 Å². The summed E-state index contributed by atoms with van der Waals surface area (Å²) < 4.78 is 13.0. The number of hydrogen-bond acceptors (Lipinski definition) is 4. The lowest BCUT2D eigenvalue weighted by molar-refractivity contribution is -0.120. The molecule has 25 heavy (non-hydrogen) atoms. The van der Waals surface area contributed by atoms with Gasteiger partial charge in [0.2, 0.25) is 5.91 Å². The maximum Gasteiger partial charge on any atom is 0.246 e. The second-order valence-corrected chi connectivity index (χ2v) is 6.51. The largest absolute Gasteiger partial charge is 0.362 e. The zero-order valence-electron chi connectivity index (χ0n) is 13.8. The second-order valence-electron chi connectivity index (χ2n) is 5.65. The molecule has 0 spiro atoms. The lowest BCUT2D eigenvalue weighted by Crippen LogP contribution is -2.19. The summed E-state index contributed by atoms with van der Waals surface area (Å²) in [6.07, 6.45) is 1.75. The number of carbonyl (C=O) groups is 1. The Hall–Kier alpha value is -2.80. The molecular weight excluding hydrogens is 339 g/mol. The van der Waals surface area contributed by atoms with Gasteiger partial charge in [-0.25, -0.2) is 14.8 Å². The highest BCUT2D eigenvalue weighted by molar-refractivity contribution is 7.13. The number of benzene rings is 1. The Labute approximate surface area is 148 Å². The Bertz CT molecular complexity index is 912. The van der Waals surface area contributed by atoms with Crippen molar-refractivity contribution < 1.29 is 9.18 Å². The van der Waals surface area contributed by atoms with Gasteiger partial charge in [0, 0.05) is 27.9 Å². The van der Waals surface area contributed by atoms with Gasteiger partial charge in [-0.2, -0.15) is 5.10 Å². The molecule has 0 saturated carbocycles. The molecule has 1 amide bonds. The van der Waals surface area contributed by atoms with Crippen LogP contribution in [0.15, 0.2) is 40.8 Å². The Balaban J connectivity index is 1.58. The molecule has 5 nitrogen and oxygen atoms in total. The van der Waals surface area contributed by atoms with Crippen molar-refractivity contribution in [3.8, 4) is 10.6 Å². The van der Waals surface area contributed by atoms with Gasteiger partial charge in [-0.15, -0.1) is 11.3 Å². The van der Waals surface area contributed by atoms with E-state index in [4.69, 9.17) is 0 Å². The SMILES string of the molecule is Cc1cc(/C=N/NC(=O)Cc2csc(-c3ccc(F)cc3)n2)c(C)[nH]1. The first kappa shape index (κ1) is 17.0. The van der Waals surface area contributed by atoms with E-state index in [-0.39, 0.29) is 18.1 Å². The second kappa shape index (κ2) is 7.40. The third-order valence-corrected chi connectivity index (χ3v) is 4.51. The van der Waals surface area contributed by atoms with Crippen molar-refractivity contribution in [2.24, 2.45) is 5.10 Å². The van der Waals surface area contributed by atoms with Crippen LogP contribution in [0.2, 0.25) is 0 Å². The van der Waals surface area contributed by atoms with Gasteiger partial charge in [-0.3, -0.25) is 4.79 Å². The number of H-pyrrole nitrogens is 1. The topological polar surface area (TPSA) is 70.1 Å². The van der Waals surface area contributed by atoms with Crippen molar-refractivity contribution in [1.29, 1.82) is 0 Å². The minimum Gasteiger partial charge on any atom is -0.362 e. The molecule has 1 aromatic carbocycles. The van der Waals surface area contributed by atoms with Gasteiger partial charge < -0.3 is 4.98 Å². The molecule has 0 aliphatic rings. The monoisotopic (exact) mass is 356 g/mol. The third kappa shape index (κ3) is 4.39. The van der Waals surface area contributed by atoms with Crippen LogP contribution in [-0.4, -0.2) is 22.1 Å². The average molecular weight is 356 g/mol. The third-order valence-electron chi connectivity index (χ3n) is 3.57. The van der Waals surface area contributed by atoms with E-state index in [9.17, 15) is 9.18 Å². The van der Waals surface area contributed by atoms with Crippen LogP contribution in [0.3, 0.4) is 0 Å². The van der Waals surface area contributed by atoms with Gasteiger partial charge in [0.05, 0.1) is 18.3 Å². The standard InChI is InChI=1S/C18H17FN4OS/c1-11-7-14(12(2)21-11)9-20-23-17(24)8-16-10-25-18(22-16)13-3-5-15(19)6-4-13/h3-7,9-10,21H,8H2,1-2H3,(H,23,24)/b20-9+. The van der Waals surface area contributed by atoms with Crippen LogP contribution in [-0.2, 0) is 11.2 Å². The van der Waals surface area contributed by atoms with Crippen LogP contribution in [0.5, 0.6) is 0 Å². The van der Waals surface area contributed by atoms with E-state index in [0.29, 0.717) is 5.69 Å². The van der Waals surface area contributed by atoms with Crippen molar-refractivity contribution in [2.45, 2.75) is 20.3 Å². The highest BCUT2D eigenvalue weighted by Gasteiger charge is 2.09. The molecule has 3 rings (SSSR count). The highest BCUT2D eigenvalue weighted by Crippen LogP contribution is 2.24. The fraction of sp³-hybridized carbons (Fsp3) is 0.167. The van der Waals surface area contributed by atoms with Gasteiger partial charge >= 0.3 is 0 Å². The number of halogens is 1. The molecule has 0 unspecified atom stereocenters. The summed E-state index contributed by atoms with van der Waals surface area (Å²) in [7, 11) is 0. The highest BCUT2D eigenvalue weighted by atomic mass is 32.1. The maximum atomic E-state index is 13.0. The van der Waals surface area contributed by atoms with Gasteiger partial charge in [0.15, 0.2) is 0 Å². The van der Waals surface area contributed by atoms with Crippen molar-refractivity contribution in [2.75, 3.05) is 0 Å². The molecule has 0 aliphatic carbocycles. The zero-order chi connectivity index (χ0) is 17.8. The van der Waals surface area contributed by atoms with E-state index in [0.717, 1.165) is 27.5 Å². The number of aryl methyl sites for hydroxylation is 2. The first-order valence-electron chi connectivity index (χ1n) is 7.70. The fourth-order valence-corrected chi connectivity index (χ4v) is 3.20. The number of rotatable bonds is 5. The Morgan fingerprint density at radius 1 is 1.36 bits per heavy atom. The first-order chi connectivity index (χ1) is 12.0. The molecule has 0 bridgehead atoms. The van der Waals surface area contributed by atoms with Crippen LogP contribution in [0.4, 0.5) is 4.39 Å². The van der Waals surface area contributed by atoms with Crippen LogP contribution in [0.25, 0.3) is 10.6 Å². The average Bonchev–Trinajstić information content (AvgIpc) is 3.15. The van der Waals surface area contributed by atoms with Crippen molar-refractivity contribution in [3.05, 3.63) is 64.2 Å². The molecule has 0 aliphatic heterocycles. The number of aromatic amines is 1. The first-order valence-corrected chi connectivity index (χ1v) is 8.57. The van der Waals surface area contributed by atoms with Crippen molar-refractivity contribution in [3.63, 3.8) is 0 Å². The lowest BCUT2D eigenvalue weighted by Gasteiger charge is -1.97. The van der Waals surface area contributed by atoms with Gasteiger partial charge in [0.1, 0.15) is 10.8 Å². The number of nitrogens with one attached hydrogen (secondary N) is 2. The smallest absolute Gasteiger partial charge is 0.246 e. The minimum absolute atomic E-state index is 0.139. The summed E-state index contributed by atoms with van der Waals surface area (Å²) >= 11 is 1.42. The van der Waals surface area contributed by atoms with E-state index in [2.05, 4.69) is 20.5 Å². The molecule has 2 heterocycles. The molecule has 2 N–H and O–H groups in total. The Morgan fingerprint density at radius 3 is 2.80 bits per heavy atom. The lowest BCUT2D eigenvalue weighted by atomic mass is 10.2. The van der Waals surface area contributed by atoms with Crippen LogP contribution < -0.4 is 5.43 Å². The fourth-order valence-electron chi connectivity index (χ4n) is 2.37. The normalized spacial score (nSPS) is 11.2. The summed E-state index contributed by atoms with van der Waals surface area (Å²) in [4.78, 5) is 19.5. The number of hydrazone groups is 1.